The van der Waals surface area contributed by atoms with Crippen molar-refractivity contribution in [1.82, 2.24) is 4.57 Å². The van der Waals surface area contributed by atoms with E-state index < -0.39 is 0 Å². The van der Waals surface area contributed by atoms with Gasteiger partial charge in [-0.1, -0.05) is 36.4 Å². The smallest absolute Gasteiger partial charge is 0.129 e. The number of nitrogens with zero attached hydrogens (tertiary/aromatic N) is 1. The predicted molar refractivity (Wildman–Crippen MR) is 78.4 cm³/mol. The number of rotatable bonds is 3. The fourth-order valence-corrected chi connectivity index (χ4v) is 2.33. The van der Waals surface area contributed by atoms with Crippen LogP contribution in [0, 0.1) is 6.92 Å². The third-order valence-corrected chi connectivity index (χ3v) is 3.52. The van der Waals surface area contributed by atoms with Crippen molar-refractivity contribution in [2.24, 2.45) is 7.05 Å². The molecule has 96 valence electrons. The average Bonchev–Trinajstić information content (AvgIpc) is 2.74. The number of fused-ring (bicyclic) bond motifs is 1. The van der Waals surface area contributed by atoms with Crippen LogP contribution in [0.15, 0.2) is 54.6 Å². The van der Waals surface area contributed by atoms with Crippen molar-refractivity contribution >= 4 is 10.9 Å². The van der Waals surface area contributed by atoms with E-state index in [4.69, 9.17) is 4.74 Å². The van der Waals surface area contributed by atoms with Crippen LogP contribution in [-0.4, -0.2) is 4.57 Å². The number of ether oxygens (including phenoxy) is 1. The number of aryl methyl sites for hydroxylation is 2. The van der Waals surface area contributed by atoms with Gasteiger partial charge in [0, 0.05) is 18.1 Å². The summed E-state index contributed by atoms with van der Waals surface area (Å²) in [5, 5.41) is 1.18. The summed E-state index contributed by atoms with van der Waals surface area (Å²) in [5.74, 6) is 0.949. The Kier molecular flexibility index (Phi) is 3.00. The molecule has 0 radical (unpaired) electrons. The Morgan fingerprint density at radius 2 is 1.79 bits per heavy atom. The van der Waals surface area contributed by atoms with Gasteiger partial charge in [-0.2, -0.15) is 0 Å². The zero-order valence-corrected chi connectivity index (χ0v) is 11.3. The van der Waals surface area contributed by atoms with E-state index in [0.29, 0.717) is 6.61 Å². The monoisotopic (exact) mass is 251 g/mol. The van der Waals surface area contributed by atoms with E-state index in [1.165, 1.54) is 22.2 Å². The van der Waals surface area contributed by atoms with Crippen LogP contribution in [0.25, 0.3) is 10.9 Å². The third kappa shape index (κ3) is 2.22. The molecule has 0 atom stereocenters. The Morgan fingerprint density at radius 1 is 1.00 bits per heavy atom. The zero-order chi connectivity index (χ0) is 13.2. The number of aromatic nitrogens is 1. The highest BCUT2D eigenvalue weighted by atomic mass is 16.5. The van der Waals surface area contributed by atoms with Gasteiger partial charge >= 0.3 is 0 Å². The van der Waals surface area contributed by atoms with Crippen LogP contribution in [0.3, 0.4) is 0 Å². The SMILES string of the molecule is Cc1cc2c(OCc3ccccc3)cccc2n1C. The molecule has 1 heterocycles. The Bertz CT molecular complexity index is 698. The van der Waals surface area contributed by atoms with E-state index >= 15 is 0 Å². The summed E-state index contributed by atoms with van der Waals surface area (Å²) >= 11 is 0. The largest absolute Gasteiger partial charge is 0.488 e. The molecule has 0 saturated heterocycles. The summed E-state index contributed by atoms with van der Waals surface area (Å²) in [7, 11) is 2.08. The molecule has 3 aromatic rings. The Labute approximate surface area is 113 Å². The van der Waals surface area contributed by atoms with Gasteiger partial charge in [-0.3, -0.25) is 0 Å². The van der Waals surface area contributed by atoms with Crippen molar-refractivity contribution in [2.45, 2.75) is 13.5 Å². The second-order valence-corrected chi connectivity index (χ2v) is 4.81. The van der Waals surface area contributed by atoms with Crippen molar-refractivity contribution < 1.29 is 4.74 Å². The molecule has 2 nitrogen and oxygen atoms in total. The first-order valence-electron chi connectivity index (χ1n) is 6.47. The quantitative estimate of drug-likeness (QED) is 0.684. The molecule has 19 heavy (non-hydrogen) atoms. The lowest BCUT2D eigenvalue weighted by Crippen LogP contribution is -1.95. The molecule has 0 aliphatic heterocycles. The number of benzene rings is 2. The third-order valence-electron chi connectivity index (χ3n) is 3.52. The van der Waals surface area contributed by atoms with Gasteiger partial charge in [-0.25, -0.2) is 0 Å². The molecule has 0 bridgehead atoms. The van der Waals surface area contributed by atoms with Crippen LogP contribution in [0.1, 0.15) is 11.3 Å². The summed E-state index contributed by atoms with van der Waals surface area (Å²) in [6.45, 7) is 2.72. The summed E-state index contributed by atoms with van der Waals surface area (Å²) in [5.41, 5.74) is 3.64. The van der Waals surface area contributed by atoms with Gasteiger partial charge in [0.1, 0.15) is 12.4 Å². The van der Waals surface area contributed by atoms with E-state index in [-0.39, 0.29) is 0 Å². The van der Waals surface area contributed by atoms with E-state index in [2.05, 4.69) is 42.8 Å². The van der Waals surface area contributed by atoms with Gasteiger partial charge in [0.05, 0.1) is 5.52 Å². The lowest BCUT2D eigenvalue weighted by Gasteiger charge is -2.08. The molecule has 0 spiro atoms. The van der Waals surface area contributed by atoms with E-state index in [9.17, 15) is 0 Å². The zero-order valence-electron chi connectivity index (χ0n) is 11.3. The van der Waals surface area contributed by atoms with Crippen LogP contribution in [-0.2, 0) is 13.7 Å². The van der Waals surface area contributed by atoms with Crippen molar-refractivity contribution in [2.75, 3.05) is 0 Å². The van der Waals surface area contributed by atoms with Crippen LogP contribution in [0.4, 0.5) is 0 Å². The van der Waals surface area contributed by atoms with Crippen LogP contribution >= 0.6 is 0 Å². The van der Waals surface area contributed by atoms with E-state index in [1.807, 2.05) is 30.3 Å². The minimum Gasteiger partial charge on any atom is -0.488 e. The number of hydrogen-bond donors (Lipinski definition) is 0. The molecule has 0 unspecified atom stereocenters. The molecule has 0 aliphatic carbocycles. The average molecular weight is 251 g/mol. The summed E-state index contributed by atoms with van der Waals surface area (Å²) in [4.78, 5) is 0. The molecular formula is C17H17NO. The first-order valence-corrected chi connectivity index (χ1v) is 6.47. The van der Waals surface area contributed by atoms with Gasteiger partial charge in [0.2, 0.25) is 0 Å². The van der Waals surface area contributed by atoms with E-state index in [0.717, 1.165) is 5.75 Å². The van der Waals surface area contributed by atoms with Crippen LogP contribution < -0.4 is 4.74 Å². The minimum absolute atomic E-state index is 0.605. The first-order chi connectivity index (χ1) is 9.25. The van der Waals surface area contributed by atoms with E-state index in [1.54, 1.807) is 0 Å². The maximum Gasteiger partial charge on any atom is 0.129 e. The lowest BCUT2D eigenvalue weighted by atomic mass is 10.2. The lowest BCUT2D eigenvalue weighted by molar-refractivity contribution is 0.310. The number of hydrogen-bond acceptors (Lipinski definition) is 1. The molecule has 3 rings (SSSR count). The Balaban J connectivity index is 1.91. The predicted octanol–water partition coefficient (Wildman–Crippen LogP) is 4.07. The van der Waals surface area contributed by atoms with Gasteiger partial charge in [0.25, 0.3) is 0 Å². The first kappa shape index (κ1) is 11.8. The molecule has 0 fully saturated rings. The molecule has 0 N–H and O–H groups in total. The highest BCUT2D eigenvalue weighted by Gasteiger charge is 2.07. The van der Waals surface area contributed by atoms with Gasteiger partial charge < -0.3 is 9.30 Å². The molecule has 2 aromatic carbocycles. The van der Waals surface area contributed by atoms with Gasteiger partial charge in [-0.15, -0.1) is 0 Å². The normalized spacial score (nSPS) is 10.8. The summed E-state index contributed by atoms with van der Waals surface area (Å²) in [6, 6.07) is 18.6. The maximum absolute atomic E-state index is 5.96. The second kappa shape index (κ2) is 4.81. The highest BCUT2D eigenvalue weighted by molar-refractivity contribution is 5.87. The second-order valence-electron chi connectivity index (χ2n) is 4.81. The Morgan fingerprint density at radius 3 is 2.58 bits per heavy atom. The minimum atomic E-state index is 0.605. The van der Waals surface area contributed by atoms with Gasteiger partial charge in [-0.05, 0) is 30.7 Å². The molecular weight excluding hydrogens is 234 g/mol. The summed E-state index contributed by atoms with van der Waals surface area (Å²) in [6.07, 6.45) is 0. The topological polar surface area (TPSA) is 14.2 Å². The Hall–Kier alpha value is -2.22. The molecule has 1 aromatic heterocycles. The van der Waals surface area contributed by atoms with Gasteiger partial charge in [0.15, 0.2) is 0 Å². The van der Waals surface area contributed by atoms with Crippen LogP contribution in [0.2, 0.25) is 0 Å². The fourth-order valence-electron chi connectivity index (χ4n) is 2.33. The van der Waals surface area contributed by atoms with Crippen LogP contribution in [0.5, 0.6) is 5.75 Å². The van der Waals surface area contributed by atoms with Crippen molar-refractivity contribution in [1.29, 1.82) is 0 Å². The fraction of sp³-hybridized carbons (Fsp3) is 0.176. The molecule has 2 heteroatoms. The maximum atomic E-state index is 5.96. The van der Waals surface area contributed by atoms with Crippen molar-refractivity contribution in [3.8, 4) is 5.75 Å². The molecule has 0 amide bonds. The highest BCUT2D eigenvalue weighted by Crippen LogP contribution is 2.28. The van der Waals surface area contributed by atoms with Crippen molar-refractivity contribution in [3.05, 3.63) is 65.9 Å². The standard InChI is InChI=1S/C17H17NO/c1-13-11-15-16(18(13)2)9-6-10-17(15)19-12-14-7-4-3-5-8-14/h3-11H,12H2,1-2H3. The molecule has 0 aliphatic rings. The summed E-state index contributed by atoms with van der Waals surface area (Å²) < 4.78 is 8.15. The van der Waals surface area contributed by atoms with Crippen molar-refractivity contribution in [3.63, 3.8) is 0 Å². The molecule has 0 saturated carbocycles.